The number of aromatic hydroxyl groups is 1. The summed E-state index contributed by atoms with van der Waals surface area (Å²) in [6, 6.07) is 2.52. The van der Waals surface area contributed by atoms with Gasteiger partial charge in [-0.3, -0.25) is 9.79 Å². The standard InChI is InChI=1S/C33H35Cl3F2N6O3/c1-7-21(45)43-16(5)12-42(13-17(43)6)30-18-10-20(34)28(22-25(37)26(38)23(35)24(36)31(22)46)41-32(18)44(33(47)19(30)11-39)29-15(4)8-9-40-27(29)14(2)3/h7,10,14-17,29,33,46-47H,1,8-9,12-13H2,2-6H3/t15-,16-,17+,29?,33?/m1/s1. The second kappa shape index (κ2) is 13.2. The summed E-state index contributed by atoms with van der Waals surface area (Å²) >= 11 is 18.7. The van der Waals surface area contributed by atoms with Gasteiger partial charge in [0.1, 0.15) is 33.3 Å². The SMILES string of the molecule is C=CC(=O)N1[C@H](C)CN(C2=C(C#N)C(O)N(C3C(C(C)C)=NCC[C@H]3C)c3nc(-c4c(O)c(Cl)c(Cl)c(F)c4F)c(Cl)cc32)C[C@@H]1C. The zero-order valence-electron chi connectivity index (χ0n) is 26.5. The molecule has 2 unspecified atom stereocenters. The Kier molecular flexibility index (Phi) is 9.82. The van der Waals surface area contributed by atoms with Crippen molar-refractivity contribution < 1.29 is 23.8 Å². The second-order valence-corrected chi connectivity index (χ2v) is 13.7. The van der Waals surface area contributed by atoms with Gasteiger partial charge in [-0.05, 0) is 44.2 Å². The van der Waals surface area contributed by atoms with Gasteiger partial charge in [0.2, 0.25) is 5.91 Å². The summed E-state index contributed by atoms with van der Waals surface area (Å²) in [6.45, 7) is 14.5. The van der Waals surface area contributed by atoms with Crippen LogP contribution in [0.5, 0.6) is 5.75 Å². The monoisotopic (exact) mass is 706 g/mol. The predicted molar refractivity (Wildman–Crippen MR) is 180 cm³/mol. The first-order chi connectivity index (χ1) is 22.2. The number of anilines is 1. The zero-order chi connectivity index (χ0) is 34.6. The number of piperazine rings is 1. The number of hydrogen-bond donors (Lipinski definition) is 2. The quantitative estimate of drug-likeness (QED) is 0.202. The van der Waals surface area contributed by atoms with Crippen LogP contribution in [0.2, 0.25) is 15.1 Å². The van der Waals surface area contributed by atoms with Crippen molar-refractivity contribution in [3.8, 4) is 23.1 Å². The van der Waals surface area contributed by atoms with Gasteiger partial charge in [0.05, 0.1) is 28.0 Å². The van der Waals surface area contributed by atoms with Crippen molar-refractivity contribution >= 4 is 57.9 Å². The number of rotatable bonds is 5. The largest absolute Gasteiger partial charge is 0.506 e. The van der Waals surface area contributed by atoms with Gasteiger partial charge in [0.15, 0.2) is 17.9 Å². The molecular formula is C33H35Cl3F2N6O3. The number of pyridine rings is 1. The minimum atomic E-state index is -1.53. The summed E-state index contributed by atoms with van der Waals surface area (Å²) < 4.78 is 30.4. The Bertz CT molecular complexity index is 1720. The van der Waals surface area contributed by atoms with Crippen molar-refractivity contribution in [3.63, 3.8) is 0 Å². The lowest BCUT2D eigenvalue weighted by molar-refractivity contribution is -0.132. The van der Waals surface area contributed by atoms with E-state index in [4.69, 9.17) is 44.8 Å². The maximum atomic E-state index is 15.5. The van der Waals surface area contributed by atoms with Crippen LogP contribution in [0, 0.1) is 34.8 Å². The van der Waals surface area contributed by atoms with Gasteiger partial charge in [-0.2, -0.15) is 5.26 Å². The second-order valence-electron chi connectivity index (χ2n) is 12.5. The highest BCUT2D eigenvalue weighted by molar-refractivity contribution is 6.43. The van der Waals surface area contributed by atoms with E-state index < -0.39 is 45.3 Å². The third-order valence-corrected chi connectivity index (χ3v) is 10.2. The van der Waals surface area contributed by atoms with Crippen LogP contribution in [0.25, 0.3) is 17.0 Å². The number of benzene rings is 1. The predicted octanol–water partition coefficient (Wildman–Crippen LogP) is 6.68. The highest BCUT2D eigenvalue weighted by Crippen LogP contribution is 2.49. The molecule has 47 heavy (non-hydrogen) atoms. The van der Waals surface area contributed by atoms with Crippen LogP contribution < -0.4 is 4.90 Å². The van der Waals surface area contributed by atoms with Crippen LogP contribution in [0.3, 0.4) is 0 Å². The number of phenols is 1. The third kappa shape index (κ3) is 5.73. The third-order valence-electron chi connectivity index (χ3n) is 9.11. The first-order valence-corrected chi connectivity index (χ1v) is 16.4. The molecule has 4 heterocycles. The molecule has 9 nitrogen and oxygen atoms in total. The van der Waals surface area contributed by atoms with Gasteiger partial charge < -0.3 is 24.9 Å². The van der Waals surface area contributed by atoms with Crippen molar-refractivity contribution in [1.29, 1.82) is 5.26 Å². The summed E-state index contributed by atoms with van der Waals surface area (Å²) in [5.74, 6) is -4.07. The van der Waals surface area contributed by atoms with Crippen LogP contribution >= 0.6 is 34.8 Å². The molecule has 0 radical (unpaired) electrons. The van der Waals surface area contributed by atoms with Gasteiger partial charge in [0.25, 0.3) is 0 Å². The number of halogens is 5. The molecule has 3 aliphatic rings. The molecule has 1 amide bonds. The summed E-state index contributed by atoms with van der Waals surface area (Å²) in [5.41, 5.74) is 0.453. The van der Waals surface area contributed by atoms with E-state index in [1.807, 2.05) is 39.5 Å². The fraction of sp³-hybridized carbons (Fsp3) is 0.455. The maximum Gasteiger partial charge on any atom is 0.246 e. The molecular weight excluding hydrogens is 673 g/mol. The molecule has 1 aromatic carbocycles. The molecule has 1 aromatic heterocycles. The summed E-state index contributed by atoms with van der Waals surface area (Å²) in [7, 11) is 0. The fourth-order valence-electron chi connectivity index (χ4n) is 7.05. The highest BCUT2D eigenvalue weighted by Gasteiger charge is 2.46. The maximum absolute atomic E-state index is 15.5. The smallest absolute Gasteiger partial charge is 0.246 e. The molecule has 3 aliphatic heterocycles. The summed E-state index contributed by atoms with van der Waals surface area (Å²) in [4.78, 5) is 27.4. The number of fused-ring (bicyclic) bond motifs is 1. The average Bonchev–Trinajstić information content (AvgIpc) is 3.02. The topological polar surface area (TPSA) is 116 Å². The van der Waals surface area contributed by atoms with Crippen molar-refractivity contribution in [2.45, 2.75) is 65.4 Å². The molecule has 0 spiro atoms. The first kappa shape index (κ1) is 34.9. The van der Waals surface area contributed by atoms with Gasteiger partial charge >= 0.3 is 0 Å². The van der Waals surface area contributed by atoms with Gasteiger partial charge in [-0.25, -0.2) is 13.8 Å². The Labute approximate surface area is 287 Å². The molecule has 14 heteroatoms. The summed E-state index contributed by atoms with van der Waals surface area (Å²) in [5, 5.41) is 32.0. The number of hydrogen-bond acceptors (Lipinski definition) is 8. The van der Waals surface area contributed by atoms with Gasteiger partial charge in [0, 0.05) is 43.0 Å². The van der Waals surface area contributed by atoms with Crippen molar-refractivity contribution in [2.24, 2.45) is 16.8 Å². The molecule has 1 fully saturated rings. The molecule has 0 bridgehead atoms. The lowest BCUT2D eigenvalue weighted by atomic mass is 9.83. The van der Waals surface area contributed by atoms with Crippen molar-refractivity contribution in [3.05, 3.63) is 56.6 Å². The van der Waals surface area contributed by atoms with E-state index in [0.717, 1.165) is 5.71 Å². The number of aliphatic imine (C=N–C) groups is 1. The molecule has 2 aromatic rings. The summed E-state index contributed by atoms with van der Waals surface area (Å²) in [6.07, 6.45) is 0.409. The number of phenolic OH excluding ortho intramolecular Hbond substituents is 1. The number of carbonyl (C=O) groups is 1. The van der Waals surface area contributed by atoms with E-state index in [2.05, 4.69) is 12.6 Å². The number of nitrogens with zero attached hydrogens (tertiary/aromatic N) is 6. The van der Waals surface area contributed by atoms with Crippen LogP contribution in [0.4, 0.5) is 14.6 Å². The minimum Gasteiger partial charge on any atom is -0.506 e. The first-order valence-electron chi connectivity index (χ1n) is 15.3. The van der Waals surface area contributed by atoms with Crippen LogP contribution in [-0.2, 0) is 4.79 Å². The number of carbonyl (C=O) groups excluding carboxylic acids is 1. The normalized spacial score (nSPS) is 24.7. The van der Waals surface area contributed by atoms with E-state index in [1.165, 1.54) is 12.1 Å². The van der Waals surface area contributed by atoms with E-state index in [0.29, 0.717) is 37.3 Å². The fourth-order valence-corrected chi connectivity index (χ4v) is 7.64. The van der Waals surface area contributed by atoms with E-state index in [-0.39, 0.29) is 51.9 Å². The van der Waals surface area contributed by atoms with Crippen LogP contribution in [0.15, 0.2) is 29.3 Å². The van der Waals surface area contributed by atoms with E-state index in [9.17, 15) is 24.7 Å². The molecule has 0 aliphatic carbocycles. The van der Waals surface area contributed by atoms with Crippen molar-refractivity contribution in [1.82, 2.24) is 14.8 Å². The van der Waals surface area contributed by atoms with E-state index in [1.54, 1.807) is 9.80 Å². The molecule has 250 valence electrons. The highest BCUT2D eigenvalue weighted by atomic mass is 35.5. The number of aliphatic hydroxyl groups excluding tert-OH is 1. The molecule has 5 rings (SSSR count). The molecule has 2 N–H and O–H groups in total. The van der Waals surface area contributed by atoms with E-state index >= 15 is 4.39 Å². The lowest BCUT2D eigenvalue weighted by Crippen LogP contribution is -2.59. The molecule has 5 atom stereocenters. The van der Waals surface area contributed by atoms with Crippen LogP contribution in [-0.4, -0.2) is 80.6 Å². The average molecular weight is 708 g/mol. The molecule has 1 saturated heterocycles. The van der Waals surface area contributed by atoms with Crippen molar-refractivity contribution in [2.75, 3.05) is 24.5 Å². The Hall–Kier alpha value is -3.43. The number of amides is 1. The molecule has 0 saturated carbocycles. The Morgan fingerprint density at radius 3 is 2.36 bits per heavy atom. The Balaban J connectivity index is 1.80. The number of aromatic nitrogens is 1. The minimum absolute atomic E-state index is 0.0292. The number of aliphatic hydroxyl groups is 1. The lowest BCUT2D eigenvalue weighted by Gasteiger charge is -2.50. The Morgan fingerprint density at radius 2 is 1.79 bits per heavy atom. The van der Waals surface area contributed by atoms with Crippen LogP contribution in [0.1, 0.15) is 46.6 Å². The Morgan fingerprint density at radius 1 is 1.15 bits per heavy atom. The van der Waals surface area contributed by atoms with Gasteiger partial charge in [-0.1, -0.05) is 62.2 Å². The van der Waals surface area contributed by atoms with Gasteiger partial charge in [-0.15, -0.1) is 0 Å². The zero-order valence-corrected chi connectivity index (χ0v) is 28.8. The number of nitriles is 1.